The summed E-state index contributed by atoms with van der Waals surface area (Å²) in [6.07, 6.45) is 1.04. The number of rotatable bonds is 4. The van der Waals surface area contributed by atoms with Crippen molar-refractivity contribution in [3.63, 3.8) is 0 Å². The van der Waals surface area contributed by atoms with Gasteiger partial charge in [-0.05, 0) is 55.7 Å². The average molecular weight is 458 g/mol. The molecular weight excluding hydrogens is 428 g/mol. The van der Waals surface area contributed by atoms with Crippen molar-refractivity contribution in [2.24, 2.45) is 11.8 Å². The van der Waals surface area contributed by atoms with E-state index < -0.39 is 17.6 Å². The highest BCUT2D eigenvalue weighted by Crippen LogP contribution is 2.43. The van der Waals surface area contributed by atoms with E-state index in [-0.39, 0.29) is 36.6 Å². The van der Waals surface area contributed by atoms with Crippen LogP contribution in [0.1, 0.15) is 56.6 Å². The van der Waals surface area contributed by atoms with E-state index in [2.05, 4.69) is 16.7 Å². The zero-order chi connectivity index (χ0) is 23.5. The molecule has 3 aliphatic heterocycles. The van der Waals surface area contributed by atoms with Gasteiger partial charge in [0, 0.05) is 43.7 Å². The molecule has 1 N–H and O–H groups in total. The van der Waals surface area contributed by atoms with Crippen LogP contribution in [0, 0.1) is 17.7 Å². The van der Waals surface area contributed by atoms with E-state index in [9.17, 15) is 22.4 Å². The molecule has 2 bridgehead atoms. The van der Waals surface area contributed by atoms with Gasteiger partial charge in [-0.2, -0.15) is 13.2 Å². The zero-order valence-electron chi connectivity index (χ0n) is 18.2. The lowest BCUT2D eigenvalue weighted by molar-refractivity contribution is -0.153. The van der Waals surface area contributed by atoms with Gasteiger partial charge in [-0.1, -0.05) is 13.3 Å². The molecule has 0 radical (unpaired) electrons. The average Bonchev–Trinajstić information content (AvgIpc) is 2.73. The maximum absolute atomic E-state index is 14.3. The lowest BCUT2D eigenvalue weighted by atomic mass is 9.71. The van der Waals surface area contributed by atoms with Crippen molar-refractivity contribution in [2.45, 2.75) is 70.3 Å². The molecule has 32 heavy (non-hydrogen) atoms. The number of carbonyl (C=O) groups excluding carboxylic acids is 1. The van der Waals surface area contributed by atoms with E-state index in [1.165, 1.54) is 0 Å². The van der Waals surface area contributed by atoms with Gasteiger partial charge in [0.25, 0.3) is 6.47 Å². The Hall–Kier alpha value is -2.16. The standard InChI is InChI=1S/C22H28F4N2O.CH2O2/c1-2-4-19-15-9-16(20-5-3-6-21(29)28(19)20)13-27(12-15)11-14-10-17(22(24,25)26)7-8-18(14)23;2-1-3/h7-8,10,15-16,19-20H,2-6,9,11-13H2,1H3;1H,(H,2,3)/t15-,16+,19-,20-;/m0./s1. The highest BCUT2D eigenvalue weighted by Gasteiger charge is 2.48. The van der Waals surface area contributed by atoms with Crippen molar-refractivity contribution in [2.75, 3.05) is 13.1 Å². The third-order valence-electron chi connectivity index (χ3n) is 6.92. The number of hydrogen-bond donors (Lipinski definition) is 1. The fourth-order valence-electron chi connectivity index (χ4n) is 5.78. The Bertz CT molecular complexity index is 817. The van der Waals surface area contributed by atoms with Gasteiger partial charge in [0.1, 0.15) is 5.82 Å². The predicted octanol–water partition coefficient (Wildman–Crippen LogP) is 4.55. The summed E-state index contributed by atoms with van der Waals surface area (Å²) in [6.45, 7) is 3.46. The van der Waals surface area contributed by atoms with Crippen LogP contribution in [0.25, 0.3) is 0 Å². The Morgan fingerprint density at radius 1 is 1.22 bits per heavy atom. The fourth-order valence-corrected chi connectivity index (χ4v) is 5.78. The third kappa shape index (κ3) is 5.24. The van der Waals surface area contributed by atoms with Crippen molar-refractivity contribution in [3.8, 4) is 0 Å². The predicted molar refractivity (Wildman–Crippen MR) is 110 cm³/mol. The minimum atomic E-state index is -4.48. The summed E-state index contributed by atoms with van der Waals surface area (Å²) < 4.78 is 53.4. The normalized spacial score (nSPS) is 27.9. The van der Waals surface area contributed by atoms with Crippen LogP contribution in [-0.2, 0) is 22.3 Å². The van der Waals surface area contributed by atoms with Crippen molar-refractivity contribution in [1.29, 1.82) is 0 Å². The van der Waals surface area contributed by atoms with Crippen LogP contribution < -0.4 is 0 Å². The zero-order valence-corrected chi connectivity index (χ0v) is 18.2. The first kappa shape index (κ1) is 24.5. The molecule has 5 nitrogen and oxygen atoms in total. The second kappa shape index (κ2) is 10.2. The molecule has 178 valence electrons. The first-order valence-corrected chi connectivity index (χ1v) is 11.2. The Kier molecular flexibility index (Phi) is 7.79. The summed E-state index contributed by atoms with van der Waals surface area (Å²) in [7, 11) is 0. The van der Waals surface area contributed by atoms with E-state index >= 15 is 0 Å². The number of benzene rings is 1. The highest BCUT2D eigenvalue weighted by atomic mass is 19.4. The van der Waals surface area contributed by atoms with Crippen molar-refractivity contribution in [3.05, 3.63) is 35.1 Å². The van der Waals surface area contributed by atoms with Crippen LogP contribution in [-0.4, -0.2) is 52.5 Å². The minimum absolute atomic E-state index is 0.100. The van der Waals surface area contributed by atoms with E-state index in [1.54, 1.807) is 0 Å². The van der Waals surface area contributed by atoms with Gasteiger partial charge in [-0.3, -0.25) is 14.5 Å². The van der Waals surface area contributed by atoms with Gasteiger partial charge in [0.05, 0.1) is 5.56 Å². The lowest BCUT2D eigenvalue weighted by Gasteiger charge is -2.57. The molecule has 4 atom stereocenters. The molecule has 1 aromatic carbocycles. The SMILES string of the molecule is CCC[C@H]1[C@H]2C[C@H](CN(Cc3cc(C(F)(F)F)ccc3F)C2)[C@@H]2CCCC(=O)N21.O=CO. The van der Waals surface area contributed by atoms with Gasteiger partial charge in [0.15, 0.2) is 0 Å². The summed E-state index contributed by atoms with van der Waals surface area (Å²) in [4.78, 5) is 25.3. The summed E-state index contributed by atoms with van der Waals surface area (Å²) in [5.74, 6) is 0.293. The molecule has 3 saturated heterocycles. The largest absolute Gasteiger partial charge is 0.483 e. The maximum atomic E-state index is 14.3. The van der Waals surface area contributed by atoms with E-state index in [0.29, 0.717) is 31.3 Å². The van der Waals surface area contributed by atoms with E-state index in [1.807, 2.05) is 0 Å². The highest BCUT2D eigenvalue weighted by molar-refractivity contribution is 5.78. The minimum Gasteiger partial charge on any atom is -0.483 e. The Balaban J connectivity index is 0.000000913. The van der Waals surface area contributed by atoms with Crippen LogP contribution >= 0.6 is 0 Å². The van der Waals surface area contributed by atoms with Gasteiger partial charge in [-0.25, -0.2) is 4.39 Å². The summed E-state index contributed by atoms with van der Waals surface area (Å²) in [6, 6.07) is 3.08. The van der Waals surface area contributed by atoms with E-state index in [4.69, 9.17) is 9.90 Å². The van der Waals surface area contributed by atoms with Crippen LogP contribution in [0.3, 0.4) is 0 Å². The molecule has 1 aromatic rings. The maximum Gasteiger partial charge on any atom is 0.416 e. The van der Waals surface area contributed by atoms with Gasteiger partial charge in [0.2, 0.25) is 5.91 Å². The number of nitrogens with zero attached hydrogens (tertiary/aromatic N) is 2. The number of likely N-dealkylation sites (tertiary alicyclic amines) is 1. The number of carboxylic acid groups (broad SMARTS) is 1. The number of alkyl halides is 3. The van der Waals surface area contributed by atoms with Gasteiger partial charge >= 0.3 is 6.18 Å². The number of amides is 1. The molecule has 3 fully saturated rings. The monoisotopic (exact) mass is 458 g/mol. The number of halogens is 4. The Morgan fingerprint density at radius 2 is 1.91 bits per heavy atom. The molecular formula is C23H30F4N2O3. The van der Waals surface area contributed by atoms with Gasteiger partial charge < -0.3 is 10.0 Å². The Labute approximate surface area is 185 Å². The quantitative estimate of drug-likeness (QED) is 0.531. The smallest absolute Gasteiger partial charge is 0.416 e. The number of hydrogen-bond acceptors (Lipinski definition) is 3. The Morgan fingerprint density at radius 3 is 2.56 bits per heavy atom. The lowest BCUT2D eigenvalue weighted by Crippen LogP contribution is -2.64. The fraction of sp³-hybridized carbons (Fsp3) is 0.652. The summed E-state index contributed by atoms with van der Waals surface area (Å²) in [5, 5.41) is 6.89. The molecule has 0 aromatic heterocycles. The van der Waals surface area contributed by atoms with E-state index in [0.717, 1.165) is 50.3 Å². The van der Waals surface area contributed by atoms with Gasteiger partial charge in [-0.15, -0.1) is 0 Å². The molecule has 0 spiro atoms. The topological polar surface area (TPSA) is 60.9 Å². The molecule has 1 amide bonds. The van der Waals surface area contributed by atoms with Crippen LogP contribution in [0.4, 0.5) is 17.6 Å². The third-order valence-corrected chi connectivity index (χ3v) is 6.92. The first-order valence-electron chi connectivity index (χ1n) is 11.2. The summed E-state index contributed by atoms with van der Waals surface area (Å²) >= 11 is 0. The number of carbonyl (C=O) groups is 2. The van der Waals surface area contributed by atoms with Crippen LogP contribution in [0.5, 0.6) is 0 Å². The van der Waals surface area contributed by atoms with Crippen molar-refractivity contribution < 1.29 is 32.3 Å². The summed E-state index contributed by atoms with van der Waals surface area (Å²) in [5.41, 5.74) is -0.706. The molecule has 4 rings (SSSR count). The van der Waals surface area contributed by atoms with Crippen LogP contribution in [0.15, 0.2) is 18.2 Å². The molecule has 0 unspecified atom stereocenters. The van der Waals surface area contributed by atoms with Crippen molar-refractivity contribution in [1.82, 2.24) is 9.80 Å². The first-order chi connectivity index (χ1) is 15.2. The molecule has 9 heteroatoms. The molecule has 0 aliphatic carbocycles. The van der Waals surface area contributed by atoms with Crippen molar-refractivity contribution >= 4 is 12.4 Å². The second-order valence-electron chi connectivity index (χ2n) is 8.98. The molecule has 3 aliphatic rings. The molecule has 0 saturated carbocycles. The number of fused-ring (bicyclic) bond motifs is 4. The second-order valence-corrected chi connectivity index (χ2v) is 8.98. The molecule has 3 heterocycles. The van der Waals surface area contributed by atoms with Crippen LogP contribution in [0.2, 0.25) is 0 Å². The number of piperidine rings is 3.